The van der Waals surface area contributed by atoms with Gasteiger partial charge in [-0.15, -0.1) is 0 Å². The second-order valence-corrected chi connectivity index (χ2v) is 5.91. The lowest BCUT2D eigenvalue weighted by Gasteiger charge is -2.29. The first kappa shape index (κ1) is 16.0. The van der Waals surface area contributed by atoms with E-state index in [0.717, 1.165) is 42.5 Å². The van der Waals surface area contributed by atoms with Gasteiger partial charge in [-0.1, -0.05) is 13.3 Å². The Morgan fingerprint density at radius 2 is 2.00 bits per heavy atom. The standard InChI is InChI=1S/C15H28N6/c1-3-4-13-14(18-11-19-15(13)20-16)17-8-5-12-6-9-21(2)10-7-12/h11-12H,3-10,16H2,1-2H3,(H2,17,18,19,20). The SMILES string of the molecule is CCCc1c(NN)ncnc1NCCC1CCN(C)CC1. The summed E-state index contributed by atoms with van der Waals surface area (Å²) in [5.41, 5.74) is 3.76. The Morgan fingerprint density at radius 1 is 1.29 bits per heavy atom. The van der Waals surface area contributed by atoms with E-state index in [1.807, 2.05) is 0 Å². The molecule has 6 heteroatoms. The fraction of sp³-hybridized carbons (Fsp3) is 0.733. The average molecular weight is 292 g/mol. The molecule has 0 spiro atoms. The fourth-order valence-corrected chi connectivity index (χ4v) is 2.92. The number of nitrogens with two attached hydrogens (primary N) is 1. The van der Waals surface area contributed by atoms with Gasteiger partial charge < -0.3 is 15.6 Å². The number of likely N-dealkylation sites (tertiary alicyclic amines) is 1. The molecule has 0 aliphatic carbocycles. The van der Waals surface area contributed by atoms with Crippen LogP contribution < -0.4 is 16.6 Å². The summed E-state index contributed by atoms with van der Waals surface area (Å²) in [6.07, 6.45) is 7.35. The van der Waals surface area contributed by atoms with E-state index in [2.05, 4.69) is 39.6 Å². The summed E-state index contributed by atoms with van der Waals surface area (Å²) in [5, 5.41) is 3.47. The normalized spacial score (nSPS) is 16.9. The molecule has 1 fully saturated rings. The number of aromatic nitrogens is 2. The number of hydrogen-bond acceptors (Lipinski definition) is 6. The molecule has 0 bridgehead atoms. The molecule has 0 radical (unpaired) electrons. The zero-order valence-electron chi connectivity index (χ0n) is 13.2. The van der Waals surface area contributed by atoms with Crippen LogP contribution in [-0.4, -0.2) is 41.5 Å². The van der Waals surface area contributed by atoms with E-state index in [0.29, 0.717) is 0 Å². The van der Waals surface area contributed by atoms with E-state index in [4.69, 9.17) is 5.84 Å². The van der Waals surface area contributed by atoms with E-state index in [1.165, 1.54) is 32.4 Å². The lowest BCUT2D eigenvalue weighted by Crippen LogP contribution is -2.31. The first-order valence-corrected chi connectivity index (χ1v) is 7.97. The Kier molecular flexibility index (Phi) is 6.20. The van der Waals surface area contributed by atoms with Gasteiger partial charge in [0.05, 0.1) is 0 Å². The van der Waals surface area contributed by atoms with E-state index in [9.17, 15) is 0 Å². The molecule has 1 aliphatic rings. The molecule has 118 valence electrons. The number of nitrogens with zero attached hydrogens (tertiary/aromatic N) is 3. The monoisotopic (exact) mass is 292 g/mol. The number of hydrazine groups is 1. The molecule has 2 rings (SSSR count). The van der Waals surface area contributed by atoms with Gasteiger partial charge in [-0.25, -0.2) is 15.8 Å². The molecule has 1 aromatic heterocycles. The number of rotatable bonds is 7. The number of hydrogen-bond donors (Lipinski definition) is 3. The van der Waals surface area contributed by atoms with Gasteiger partial charge in [0.1, 0.15) is 18.0 Å². The summed E-state index contributed by atoms with van der Waals surface area (Å²) in [7, 11) is 2.20. The molecule has 2 heterocycles. The van der Waals surface area contributed by atoms with Crippen LogP contribution in [0, 0.1) is 5.92 Å². The van der Waals surface area contributed by atoms with Crippen molar-refractivity contribution in [2.45, 2.75) is 39.0 Å². The van der Waals surface area contributed by atoms with Crippen molar-refractivity contribution in [2.24, 2.45) is 11.8 Å². The van der Waals surface area contributed by atoms with Crippen molar-refractivity contribution >= 4 is 11.6 Å². The van der Waals surface area contributed by atoms with Gasteiger partial charge in [0.15, 0.2) is 0 Å². The molecular formula is C15H28N6. The van der Waals surface area contributed by atoms with Crippen molar-refractivity contribution < 1.29 is 0 Å². The zero-order valence-corrected chi connectivity index (χ0v) is 13.2. The topological polar surface area (TPSA) is 79.1 Å². The third-order valence-electron chi connectivity index (χ3n) is 4.27. The first-order valence-electron chi connectivity index (χ1n) is 7.97. The highest BCUT2D eigenvalue weighted by atomic mass is 15.3. The minimum absolute atomic E-state index is 0.730. The van der Waals surface area contributed by atoms with Crippen LogP contribution in [0.4, 0.5) is 11.6 Å². The molecule has 0 aromatic carbocycles. The number of anilines is 2. The number of nitrogen functional groups attached to an aromatic ring is 1. The van der Waals surface area contributed by atoms with Gasteiger partial charge in [-0.2, -0.15) is 0 Å². The highest BCUT2D eigenvalue weighted by Crippen LogP contribution is 2.23. The van der Waals surface area contributed by atoms with Gasteiger partial charge in [-0.3, -0.25) is 0 Å². The van der Waals surface area contributed by atoms with E-state index >= 15 is 0 Å². The van der Waals surface area contributed by atoms with Crippen LogP contribution in [0.1, 0.15) is 38.2 Å². The van der Waals surface area contributed by atoms with Crippen LogP contribution in [0.2, 0.25) is 0 Å². The average Bonchev–Trinajstić information content (AvgIpc) is 2.51. The summed E-state index contributed by atoms with van der Waals surface area (Å²) in [6.45, 7) is 5.56. The van der Waals surface area contributed by atoms with Crippen LogP contribution in [0.3, 0.4) is 0 Å². The molecule has 4 N–H and O–H groups in total. The zero-order chi connectivity index (χ0) is 15.1. The van der Waals surface area contributed by atoms with Crippen LogP contribution in [0.5, 0.6) is 0 Å². The van der Waals surface area contributed by atoms with Crippen LogP contribution in [0.15, 0.2) is 6.33 Å². The molecule has 0 atom stereocenters. The van der Waals surface area contributed by atoms with E-state index in [1.54, 1.807) is 6.33 Å². The highest BCUT2D eigenvalue weighted by Gasteiger charge is 2.16. The molecule has 1 aliphatic heterocycles. The van der Waals surface area contributed by atoms with Crippen molar-refractivity contribution in [1.29, 1.82) is 0 Å². The molecule has 1 aromatic rings. The second kappa shape index (κ2) is 8.14. The maximum absolute atomic E-state index is 5.54. The van der Waals surface area contributed by atoms with Crippen molar-refractivity contribution in [3.05, 3.63) is 11.9 Å². The van der Waals surface area contributed by atoms with Crippen LogP contribution >= 0.6 is 0 Å². The molecule has 0 saturated carbocycles. The van der Waals surface area contributed by atoms with Crippen molar-refractivity contribution in [2.75, 3.05) is 37.4 Å². The molecule has 1 saturated heterocycles. The third kappa shape index (κ3) is 4.54. The first-order chi connectivity index (χ1) is 10.2. The predicted octanol–water partition coefficient (Wildman–Crippen LogP) is 1.86. The summed E-state index contributed by atoms with van der Waals surface area (Å²) in [6, 6.07) is 0. The smallest absolute Gasteiger partial charge is 0.148 e. The Balaban J connectivity index is 1.87. The quantitative estimate of drug-likeness (QED) is 0.526. The summed E-state index contributed by atoms with van der Waals surface area (Å²) >= 11 is 0. The lowest BCUT2D eigenvalue weighted by atomic mass is 9.94. The Morgan fingerprint density at radius 3 is 2.67 bits per heavy atom. The largest absolute Gasteiger partial charge is 0.370 e. The van der Waals surface area contributed by atoms with Gasteiger partial charge in [0.25, 0.3) is 0 Å². The van der Waals surface area contributed by atoms with Gasteiger partial charge in [0, 0.05) is 12.1 Å². The Labute approximate surface area is 127 Å². The summed E-state index contributed by atoms with van der Waals surface area (Å²) < 4.78 is 0. The van der Waals surface area contributed by atoms with Crippen LogP contribution in [0.25, 0.3) is 0 Å². The number of nitrogens with one attached hydrogen (secondary N) is 2. The summed E-state index contributed by atoms with van der Waals surface area (Å²) in [5.74, 6) is 8.02. The molecule has 21 heavy (non-hydrogen) atoms. The van der Waals surface area contributed by atoms with Gasteiger partial charge in [0.2, 0.25) is 0 Å². The fourth-order valence-electron chi connectivity index (χ4n) is 2.92. The van der Waals surface area contributed by atoms with Crippen molar-refractivity contribution in [1.82, 2.24) is 14.9 Å². The van der Waals surface area contributed by atoms with Gasteiger partial charge >= 0.3 is 0 Å². The number of piperidine rings is 1. The van der Waals surface area contributed by atoms with Crippen molar-refractivity contribution in [3.63, 3.8) is 0 Å². The minimum Gasteiger partial charge on any atom is -0.370 e. The second-order valence-electron chi connectivity index (χ2n) is 5.91. The molecule has 0 amide bonds. The summed E-state index contributed by atoms with van der Waals surface area (Å²) in [4.78, 5) is 11.0. The molecule has 0 unspecified atom stereocenters. The van der Waals surface area contributed by atoms with Crippen molar-refractivity contribution in [3.8, 4) is 0 Å². The third-order valence-corrected chi connectivity index (χ3v) is 4.27. The lowest BCUT2D eigenvalue weighted by molar-refractivity contribution is 0.215. The minimum atomic E-state index is 0.730. The Hall–Kier alpha value is -1.40. The molecular weight excluding hydrogens is 264 g/mol. The van der Waals surface area contributed by atoms with Crippen LogP contribution in [-0.2, 0) is 6.42 Å². The maximum Gasteiger partial charge on any atom is 0.148 e. The van der Waals surface area contributed by atoms with E-state index in [-0.39, 0.29) is 0 Å². The van der Waals surface area contributed by atoms with E-state index < -0.39 is 0 Å². The maximum atomic E-state index is 5.54. The highest BCUT2D eigenvalue weighted by molar-refractivity contribution is 5.56. The van der Waals surface area contributed by atoms with Gasteiger partial charge in [-0.05, 0) is 51.7 Å². The predicted molar refractivity (Wildman–Crippen MR) is 87.2 cm³/mol. The Bertz CT molecular complexity index is 428. The molecule has 6 nitrogen and oxygen atoms in total.